The first-order valence-corrected chi connectivity index (χ1v) is 4.63. The second kappa shape index (κ2) is 7.63. The Balaban J connectivity index is 3.53. The summed E-state index contributed by atoms with van der Waals surface area (Å²) in [6.45, 7) is 7.02. The molecule has 0 saturated carbocycles. The predicted molar refractivity (Wildman–Crippen MR) is 54.2 cm³/mol. The van der Waals surface area contributed by atoms with E-state index in [2.05, 4.69) is 22.5 Å². The minimum atomic E-state index is -0.126. The third-order valence-corrected chi connectivity index (χ3v) is 1.62. The molecule has 1 unspecified atom stereocenters. The lowest BCUT2D eigenvalue weighted by Gasteiger charge is -2.11. The normalized spacial score (nSPS) is 11.3. The van der Waals surface area contributed by atoms with E-state index >= 15 is 0 Å². The van der Waals surface area contributed by atoms with E-state index in [1.54, 1.807) is 0 Å². The first-order chi connectivity index (χ1) is 6.22. The van der Waals surface area contributed by atoms with E-state index in [-0.39, 0.29) is 11.9 Å². The minimum absolute atomic E-state index is 0.0481. The van der Waals surface area contributed by atoms with Crippen molar-refractivity contribution in [3.05, 3.63) is 0 Å². The van der Waals surface area contributed by atoms with Crippen LogP contribution in [0.4, 0.5) is 0 Å². The molecule has 1 atom stereocenters. The van der Waals surface area contributed by atoms with Crippen molar-refractivity contribution in [3.63, 3.8) is 0 Å². The molecule has 74 valence electrons. The van der Waals surface area contributed by atoms with Crippen molar-refractivity contribution >= 4 is 5.91 Å². The van der Waals surface area contributed by atoms with E-state index in [1.165, 1.54) is 0 Å². The van der Waals surface area contributed by atoms with Gasteiger partial charge in [0.05, 0.1) is 6.04 Å². The van der Waals surface area contributed by atoms with Gasteiger partial charge < -0.3 is 10.6 Å². The lowest BCUT2D eigenvalue weighted by Crippen LogP contribution is -2.42. The average molecular weight is 182 g/mol. The summed E-state index contributed by atoms with van der Waals surface area (Å²) >= 11 is 0. The molecule has 0 fully saturated rings. The Kier molecular flexibility index (Phi) is 7.04. The van der Waals surface area contributed by atoms with Crippen LogP contribution in [0.15, 0.2) is 0 Å². The smallest absolute Gasteiger partial charge is 0.236 e. The summed E-state index contributed by atoms with van der Waals surface area (Å²) in [7, 11) is 0. The minimum Gasteiger partial charge on any atom is -0.355 e. The van der Waals surface area contributed by atoms with Crippen LogP contribution in [0.3, 0.4) is 0 Å². The number of hydrogen-bond acceptors (Lipinski definition) is 2. The maximum absolute atomic E-state index is 11.2. The SMILES string of the molecule is CC#CCCNC(C)C(=O)NCC. The van der Waals surface area contributed by atoms with Crippen molar-refractivity contribution in [2.75, 3.05) is 13.1 Å². The van der Waals surface area contributed by atoms with Gasteiger partial charge in [0.2, 0.25) is 5.91 Å². The standard InChI is InChI=1S/C10H18N2O/c1-4-6-7-8-12-9(3)10(13)11-5-2/h9,12H,5,7-8H2,1-3H3,(H,11,13). The average Bonchev–Trinajstić information content (AvgIpc) is 2.12. The molecule has 0 rings (SSSR count). The highest BCUT2D eigenvalue weighted by atomic mass is 16.2. The molecule has 0 spiro atoms. The molecule has 0 saturated heterocycles. The second-order valence-electron chi connectivity index (χ2n) is 2.75. The Morgan fingerprint density at radius 1 is 1.54 bits per heavy atom. The number of rotatable bonds is 5. The fraction of sp³-hybridized carbons (Fsp3) is 0.700. The molecule has 0 aliphatic rings. The van der Waals surface area contributed by atoms with Crippen LogP contribution in [0, 0.1) is 11.8 Å². The lowest BCUT2D eigenvalue weighted by atomic mass is 10.3. The summed E-state index contributed by atoms with van der Waals surface area (Å²) in [5.74, 6) is 5.78. The Labute approximate surface area is 80.3 Å². The van der Waals surface area contributed by atoms with E-state index in [0.717, 1.165) is 13.0 Å². The molecule has 3 nitrogen and oxygen atoms in total. The lowest BCUT2D eigenvalue weighted by molar-refractivity contribution is -0.122. The van der Waals surface area contributed by atoms with Gasteiger partial charge in [0.25, 0.3) is 0 Å². The molecule has 0 aromatic rings. The summed E-state index contributed by atoms with van der Waals surface area (Å²) in [5.41, 5.74) is 0. The maximum Gasteiger partial charge on any atom is 0.236 e. The quantitative estimate of drug-likeness (QED) is 0.480. The van der Waals surface area contributed by atoms with Gasteiger partial charge in [-0.05, 0) is 20.8 Å². The second-order valence-corrected chi connectivity index (χ2v) is 2.75. The maximum atomic E-state index is 11.2. The van der Waals surface area contributed by atoms with E-state index in [9.17, 15) is 4.79 Å². The zero-order valence-electron chi connectivity index (χ0n) is 8.61. The van der Waals surface area contributed by atoms with Gasteiger partial charge in [0.1, 0.15) is 0 Å². The molecule has 0 aliphatic heterocycles. The van der Waals surface area contributed by atoms with Crippen molar-refractivity contribution in [1.29, 1.82) is 0 Å². The van der Waals surface area contributed by atoms with E-state index in [0.29, 0.717) is 6.54 Å². The predicted octanol–water partition coefficient (Wildman–Crippen LogP) is 0.514. The van der Waals surface area contributed by atoms with Crippen molar-refractivity contribution < 1.29 is 4.79 Å². The first kappa shape index (κ1) is 12.0. The van der Waals surface area contributed by atoms with Crippen LogP contribution in [-0.2, 0) is 4.79 Å². The third kappa shape index (κ3) is 6.18. The third-order valence-electron chi connectivity index (χ3n) is 1.62. The van der Waals surface area contributed by atoms with Gasteiger partial charge in [-0.3, -0.25) is 4.79 Å². The fourth-order valence-corrected chi connectivity index (χ4v) is 0.896. The van der Waals surface area contributed by atoms with Gasteiger partial charge in [0.15, 0.2) is 0 Å². The van der Waals surface area contributed by atoms with Gasteiger partial charge in [-0.25, -0.2) is 0 Å². The van der Waals surface area contributed by atoms with Crippen LogP contribution in [0.2, 0.25) is 0 Å². The molecular weight excluding hydrogens is 164 g/mol. The molecule has 0 aromatic heterocycles. The fourth-order valence-electron chi connectivity index (χ4n) is 0.896. The molecule has 1 amide bonds. The molecule has 3 heteroatoms. The van der Waals surface area contributed by atoms with E-state index < -0.39 is 0 Å². The van der Waals surface area contributed by atoms with Crippen LogP contribution in [0.25, 0.3) is 0 Å². The van der Waals surface area contributed by atoms with Gasteiger partial charge in [-0.1, -0.05) is 0 Å². The number of nitrogens with one attached hydrogen (secondary N) is 2. The molecule has 0 bridgehead atoms. The summed E-state index contributed by atoms with van der Waals surface area (Å²) in [6.07, 6.45) is 0.792. The highest BCUT2D eigenvalue weighted by molar-refractivity contribution is 5.81. The van der Waals surface area contributed by atoms with Crippen LogP contribution in [-0.4, -0.2) is 25.0 Å². The summed E-state index contributed by atoms with van der Waals surface area (Å²) in [6, 6.07) is -0.126. The highest BCUT2D eigenvalue weighted by Crippen LogP contribution is 1.82. The number of hydrogen-bond donors (Lipinski definition) is 2. The van der Waals surface area contributed by atoms with Crippen LogP contribution in [0.5, 0.6) is 0 Å². The molecule has 0 aromatic carbocycles. The summed E-state index contributed by atoms with van der Waals surface area (Å²) in [5, 5.41) is 5.84. The number of carbonyl (C=O) groups is 1. The Bertz CT molecular complexity index is 203. The molecule has 0 aliphatic carbocycles. The number of amides is 1. The first-order valence-electron chi connectivity index (χ1n) is 4.63. The molecule has 0 heterocycles. The van der Waals surface area contributed by atoms with Gasteiger partial charge in [0, 0.05) is 19.5 Å². The topological polar surface area (TPSA) is 41.1 Å². The largest absolute Gasteiger partial charge is 0.355 e. The van der Waals surface area contributed by atoms with Gasteiger partial charge in [-0.15, -0.1) is 11.8 Å². The zero-order chi connectivity index (χ0) is 10.1. The molecule has 0 radical (unpaired) electrons. The Morgan fingerprint density at radius 2 is 2.23 bits per heavy atom. The van der Waals surface area contributed by atoms with Gasteiger partial charge in [-0.2, -0.15) is 0 Å². The van der Waals surface area contributed by atoms with Crippen LogP contribution < -0.4 is 10.6 Å². The van der Waals surface area contributed by atoms with Crippen molar-refractivity contribution in [2.45, 2.75) is 33.2 Å². The van der Waals surface area contributed by atoms with Crippen molar-refractivity contribution in [3.8, 4) is 11.8 Å². The molecule has 13 heavy (non-hydrogen) atoms. The molecular formula is C10H18N2O. The van der Waals surface area contributed by atoms with Crippen molar-refractivity contribution in [1.82, 2.24) is 10.6 Å². The van der Waals surface area contributed by atoms with Crippen molar-refractivity contribution in [2.24, 2.45) is 0 Å². The monoisotopic (exact) mass is 182 g/mol. The zero-order valence-corrected chi connectivity index (χ0v) is 8.61. The van der Waals surface area contributed by atoms with Gasteiger partial charge >= 0.3 is 0 Å². The highest BCUT2D eigenvalue weighted by Gasteiger charge is 2.08. The van der Waals surface area contributed by atoms with E-state index in [4.69, 9.17) is 0 Å². The van der Waals surface area contributed by atoms with Crippen LogP contribution >= 0.6 is 0 Å². The Morgan fingerprint density at radius 3 is 2.77 bits per heavy atom. The van der Waals surface area contributed by atoms with E-state index in [1.807, 2.05) is 20.8 Å². The number of carbonyl (C=O) groups excluding carboxylic acids is 1. The number of likely N-dealkylation sites (N-methyl/N-ethyl adjacent to an activating group) is 1. The van der Waals surface area contributed by atoms with Crippen LogP contribution in [0.1, 0.15) is 27.2 Å². The molecule has 2 N–H and O–H groups in total. The Hall–Kier alpha value is -1.01. The summed E-state index contributed by atoms with van der Waals surface area (Å²) in [4.78, 5) is 11.2. The summed E-state index contributed by atoms with van der Waals surface area (Å²) < 4.78 is 0.